The normalized spacial score (nSPS) is 10.9. The van der Waals surface area contributed by atoms with Crippen LogP contribution < -0.4 is 0 Å². The molecule has 7 heteroatoms. The van der Waals surface area contributed by atoms with Crippen molar-refractivity contribution in [3.8, 4) is 22.3 Å². The van der Waals surface area contributed by atoms with E-state index in [0.717, 1.165) is 22.3 Å². The van der Waals surface area contributed by atoms with Gasteiger partial charge in [0, 0.05) is 43.0 Å². The van der Waals surface area contributed by atoms with Crippen molar-refractivity contribution in [1.82, 2.24) is 0 Å². The van der Waals surface area contributed by atoms with Gasteiger partial charge in [0.15, 0.2) is 0 Å². The van der Waals surface area contributed by atoms with Crippen molar-refractivity contribution in [3.05, 3.63) is 144 Å². The first-order chi connectivity index (χ1) is 19.5. The minimum absolute atomic E-state index is 0. The molecule has 0 radical (unpaired) electrons. The van der Waals surface area contributed by atoms with Crippen LogP contribution in [0.5, 0.6) is 0 Å². The molecule has 0 heterocycles. The molecule has 0 fully saturated rings. The molecule has 2 N–H and O–H groups in total. The summed E-state index contributed by atoms with van der Waals surface area (Å²) < 4.78 is 0. The summed E-state index contributed by atoms with van der Waals surface area (Å²) in [6.45, 7) is 0. The van der Waals surface area contributed by atoms with Crippen LogP contribution in [0.3, 0.4) is 0 Å². The third-order valence-electron chi connectivity index (χ3n) is 6.35. The van der Waals surface area contributed by atoms with Crippen molar-refractivity contribution in [2.45, 2.75) is 0 Å². The smallest absolute Gasteiger partial charge is 0.336 e. The van der Waals surface area contributed by atoms with Crippen LogP contribution in [0.1, 0.15) is 31.8 Å². The number of hydrogen-bond donors (Lipinski definition) is 2. The summed E-state index contributed by atoms with van der Waals surface area (Å²) in [4.78, 5) is 32.9. The van der Waals surface area contributed by atoms with Crippen molar-refractivity contribution in [3.63, 3.8) is 0 Å². The second-order valence-electron chi connectivity index (χ2n) is 8.95. The van der Waals surface area contributed by atoms with E-state index in [9.17, 15) is 19.8 Å². The molecule has 0 saturated heterocycles. The van der Waals surface area contributed by atoms with Gasteiger partial charge in [0.25, 0.3) is 0 Å². The summed E-state index contributed by atoms with van der Waals surface area (Å²) in [5.74, 6) is -2.10. The van der Waals surface area contributed by atoms with Crippen molar-refractivity contribution in [1.29, 1.82) is 0 Å². The number of nitrogens with zero attached hydrogens (tertiary/aromatic N) is 2. The Hall–Kier alpha value is -5.00. The summed E-state index contributed by atoms with van der Waals surface area (Å²) in [7, 11) is 0. The SMILES string of the molecule is O=C(O)c1ccc(-c2ccccc2)cc1C=Nc1ccccc1N=Cc1cc(-c2ccccc2)ccc1C(=O)O.[Zn]. The van der Waals surface area contributed by atoms with E-state index in [0.29, 0.717) is 22.5 Å². The second kappa shape index (κ2) is 13.4. The predicted molar refractivity (Wildman–Crippen MR) is 159 cm³/mol. The molecule has 41 heavy (non-hydrogen) atoms. The summed E-state index contributed by atoms with van der Waals surface area (Å²) >= 11 is 0. The van der Waals surface area contributed by atoms with Crippen molar-refractivity contribution in [2.24, 2.45) is 9.98 Å². The summed E-state index contributed by atoms with van der Waals surface area (Å²) in [6, 6.07) is 36.8. The second-order valence-corrected chi connectivity index (χ2v) is 8.95. The van der Waals surface area contributed by atoms with Crippen LogP contribution in [-0.4, -0.2) is 34.6 Å². The average Bonchev–Trinajstić information content (AvgIpc) is 2.99. The van der Waals surface area contributed by atoms with Gasteiger partial charge in [-0.15, -0.1) is 0 Å². The topological polar surface area (TPSA) is 99.3 Å². The van der Waals surface area contributed by atoms with Crippen molar-refractivity contribution in [2.75, 3.05) is 0 Å². The fraction of sp³-hybridized carbons (Fsp3) is 0. The zero-order chi connectivity index (χ0) is 27.9. The third kappa shape index (κ3) is 6.96. The first kappa shape index (κ1) is 29.0. The number of para-hydroxylation sites is 2. The maximum Gasteiger partial charge on any atom is 0.336 e. The van der Waals surface area contributed by atoms with Gasteiger partial charge in [0.05, 0.1) is 22.5 Å². The van der Waals surface area contributed by atoms with E-state index >= 15 is 0 Å². The average molecular weight is 590 g/mol. The van der Waals surface area contributed by atoms with Crippen LogP contribution in [0.15, 0.2) is 131 Å². The number of aliphatic imine (C=N–C) groups is 2. The maximum absolute atomic E-state index is 11.9. The zero-order valence-electron chi connectivity index (χ0n) is 22.0. The number of benzene rings is 5. The molecule has 0 aliphatic rings. The van der Waals surface area contributed by atoms with Gasteiger partial charge < -0.3 is 10.2 Å². The van der Waals surface area contributed by atoms with Gasteiger partial charge in [-0.05, 0) is 58.7 Å². The Labute approximate surface area is 250 Å². The van der Waals surface area contributed by atoms with Crippen molar-refractivity contribution >= 4 is 35.7 Å². The summed E-state index contributed by atoms with van der Waals surface area (Å²) in [5, 5.41) is 19.5. The molecule has 0 saturated carbocycles. The molecule has 0 bridgehead atoms. The van der Waals surface area contributed by atoms with Crippen LogP contribution in [0.2, 0.25) is 0 Å². The van der Waals surface area contributed by atoms with E-state index in [-0.39, 0.29) is 30.6 Å². The van der Waals surface area contributed by atoms with E-state index < -0.39 is 11.9 Å². The third-order valence-corrected chi connectivity index (χ3v) is 6.35. The van der Waals surface area contributed by atoms with E-state index in [1.54, 1.807) is 48.5 Å². The molecule has 0 unspecified atom stereocenters. The quantitative estimate of drug-likeness (QED) is 0.142. The van der Waals surface area contributed by atoms with Gasteiger partial charge in [0.1, 0.15) is 0 Å². The van der Waals surface area contributed by atoms with Crippen LogP contribution in [0.25, 0.3) is 22.3 Å². The van der Waals surface area contributed by atoms with E-state index in [4.69, 9.17) is 0 Å². The molecule has 0 spiro atoms. The Morgan fingerprint density at radius 3 is 1.22 bits per heavy atom. The molecule has 5 rings (SSSR count). The van der Waals surface area contributed by atoms with E-state index in [1.807, 2.05) is 72.8 Å². The van der Waals surface area contributed by atoms with Crippen LogP contribution in [0.4, 0.5) is 11.4 Å². The largest absolute Gasteiger partial charge is 0.478 e. The first-order valence-electron chi connectivity index (χ1n) is 12.5. The number of aromatic carboxylic acids is 2. The van der Waals surface area contributed by atoms with Crippen LogP contribution in [0, 0.1) is 0 Å². The molecule has 5 aromatic carbocycles. The van der Waals surface area contributed by atoms with Crippen LogP contribution in [-0.2, 0) is 19.5 Å². The van der Waals surface area contributed by atoms with E-state index in [1.165, 1.54) is 12.4 Å². The molecular formula is C34H24N2O4Zn. The Kier molecular flexibility index (Phi) is 9.46. The summed E-state index contributed by atoms with van der Waals surface area (Å²) in [6.07, 6.45) is 3.03. The van der Waals surface area contributed by atoms with Gasteiger partial charge in [-0.3, -0.25) is 9.98 Å². The molecule has 0 aliphatic heterocycles. The van der Waals surface area contributed by atoms with E-state index in [2.05, 4.69) is 9.98 Å². The summed E-state index contributed by atoms with van der Waals surface area (Å²) in [5.41, 5.74) is 5.87. The molecule has 0 aromatic heterocycles. The Bertz CT molecular complexity index is 1620. The number of carbonyl (C=O) groups is 2. The fourth-order valence-electron chi connectivity index (χ4n) is 4.31. The molecule has 0 atom stereocenters. The number of carboxylic acid groups (broad SMARTS) is 2. The molecule has 0 amide bonds. The minimum Gasteiger partial charge on any atom is -0.478 e. The molecular weight excluding hydrogens is 566 g/mol. The molecule has 196 valence electrons. The standard InChI is InChI=1S/C34H24N2O4.Zn/c37-33(38)29-17-15-25(23-9-3-1-4-10-23)19-27(29)21-35-31-13-7-8-14-32(31)36-22-28-20-26(16-18-30(28)34(39)40)24-11-5-2-6-12-24;/h1-22H,(H,37,38)(H,39,40);. The maximum atomic E-state index is 11.9. The zero-order valence-corrected chi connectivity index (χ0v) is 25.0. The van der Waals surface area contributed by atoms with Crippen LogP contribution >= 0.6 is 0 Å². The first-order valence-corrected chi connectivity index (χ1v) is 12.5. The van der Waals surface area contributed by atoms with Gasteiger partial charge in [0.2, 0.25) is 0 Å². The molecule has 6 nitrogen and oxygen atoms in total. The fourth-order valence-corrected chi connectivity index (χ4v) is 4.31. The monoisotopic (exact) mass is 588 g/mol. The number of carboxylic acids is 2. The van der Waals surface area contributed by atoms with Gasteiger partial charge in [-0.25, -0.2) is 9.59 Å². The number of rotatable bonds is 8. The van der Waals surface area contributed by atoms with Gasteiger partial charge in [-0.2, -0.15) is 0 Å². The van der Waals surface area contributed by atoms with Crippen molar-refractivity contribution < 1.29 is 39.3 Å². The van der Waals surface area contributed by atoms with Gasteiger partial charge >= 0.3 is 11.9 Å². The molecule has 0 aliphatic carbocycles. The van der Waals surface area contributed by atoms with Gasteiger partial charge in [-0.1, -0.05) is 84.9 Å². The Balaban J connectivity index is 0.00000387. The number of hydrogen-bond acceptors (Lipinski definition) is 4. The Morgan fingerprint density at radius 2 is 0.854 bits per heavy atom. The molecule has 5 aromatic rings. The predicted octanol–water partition coefficient (Wildman–Crippen LogP) is 7.92. The minimum atomic E-state index is -1.05. The Morgan fingerprint density at radius 1 is 0.488 bits per heavy atom.